The third kappa shape index (κ3) is 4.19. The van der Waals surface area contributed by atoms with Crippen molar-refractivity contribution in [3.05, 3.63) is 65.7 Å². The van der Waals surface area contributed by atoms with E-state index in [2.05, 4.69) is 0 Å². The molecular formula is C18H20O4S. The zero-order chi connectivity index (χ0) is 16.3. The van der Waals surface area contributed by atoms with Gasteiger partial charge >= 0.3 is 0 Å². The number of aryl methyl sites for hydroxylation is 1. The number of ether oxygens (including phenoxy) is 1. The Hall–Kier alpha value is -1.69. The number of benzene rings is 2. The second-order valence-corrected chi connectivity index (χ2v) is 7.45. The molecule has 5 heteroatoms. The summed E-state index contributed by atoms with van der Waals surface area (Å²) < 4.78 is 35.4. The molecule has 0 spiro atoms. The average Bonchev–Trinajstić information content (AvgIpc) is 2.51. The van der Waals surface area contributed by atoms with Crippen LogP contribution in [0.4, 0.5) is 0 Å². The first kappa shape index (κ1) is 16.2. The van der Waals surface area contributed by atoms with Crippen molar-refractivity contribution >= 4 is 10.1 Å². The van der Waals surface area contributed by atoms with Crippen LogP contribution in [-0.4, -0.2) is 20.6 Å². The monoisotopic (exact) mass is 332 g/mol. The Morgan fingerprint density at radius 2 is 1.61 bits per heavy atom. The molecule has 1 aliphatic carbocycles. The van der Waals surface area contributed by atoms with E-state index in [0.717, 1.165) is 11.1 Å². The lowest BCUT2D eigenvalue weighted by Crippen LogP contribution is -2.38. The van der Waals surface area contributed by atoms with Crippen LogP contribution in [-0.2, 0) is 25.6 Å². The van der Waals surface area contributed by atoms with Crippen LogP contribution < -0.4 is 0 Å². The van der Waals surface area contributed by atoms with Crippen molar-refractivity contribution in [1.29, 1.82) is 0 Å². The van der Waals surface area contributed by atoms with Gasteiger partial charge in [-0.15, -0.1) is 0 Å². The summed E-state index contributed by atoms with van der Waals surface area (Å²) in [6, 6.07) is 16.6. The maximum atomic E-state index is 12.2. The minimum absolute atomic E-state index is 0.0634. The van der Waals surface area contributed by atoms with Gasteiger partial charge in [0.1, 0.15) is 0 Å². The van der Waals surface area contributed by atoms with Gasteiger partial charge in [0.2, 0.25) is 0 Å². The average molecular weight is 332 g/mol. The van der Waals surface area contributed by atoms with Crippen LogP contribution in [0.25, 0.3) is 0 Å². The summed E-state index contributed by atoms with van der Waals surface area (Å²) >= 11 is 0. The first-order chi connectivity index (χ1) is 11.0. The van der Waals surface area contributed by atoms with Gasteiger partial charge in [0.15, 0.2) is 0 Å². The van der Waals surface area contributed by atoms with Gasteiger partial charge in [0, 0.05) is 12.8 Å². The molecule has 1 aliphatic rings. The second-order valence-electron chi connectivity index (χ2n) is 5.88. The fourth-order valence-corrected chi connectivity index (χ4v) is 3.56. The van der Waals surface area contributed by atoms with Crippen molar-refractivity contribution in [2.45, 2.75) is 43.5 Å². The van der Waals surface area contributed by atoms with Gasteiger partial charge in [0.25, 0.3) is 10.1 Å². The van der Waals surface area contributed by atoms with Crippen molar-refractivity contribution in [2.75, 3.05) is 0 Å². The zero-order valence-electron chi connectivity index (χ0n) is 13.0. The lowest BCUT2D eigenvalue weighted by molar-refractivity contribution is -0.0664. The summed E-state index contributed by atoms with van der Waals surface area (Å²) in [5, 5.41) is 0. The third-order valence-electron chi connectivity index (χ3n) is 3.95. The Labute approximate surface area is 137 Å². The lowest BCUT2D eigenvalue weighted by atomic mass is 9.92. The largest absolute Gasteiger partial charge is 0.373 e. The Bertz CT molecular complexity index is 732. The van der Waals surface area contributed by atoms with Gasteiger partial charge in [-0.1, -0.05) is 48.0 Å². The summed E-state index contributed by atoms with van der Waals surface area (Å²) in [5.74, 6) is 0. The zero-order valence-corrected chi connectivity index (χ0v) is 13.8. The molecule has 1 fully saturated rings. The molecule has 4 nitrogen and oxygen atoms in total. The number of hydrogen-bond donors (Lipinski definition) is 0. The molecule has 0 heterocycles. The highest BCUT2D eigenvalue weighted by atomic mass is 32.2. The van der Waals surface area contributed by atoms with Crippen molar-refractivity contribution in [2.24, 2.45) is 0 Å². The summed E-state index contributed by atoms with van der Waals surface area (Å²) in [6.45, 7) is 2.46. The van der Waals surface area contributed by atoms with Gasteiger partial charge < -0.3 is 4.74 Å². The lowest BCUT2D eigenvalue weighted by Gasteiger charge is -2.34. The van der Waals surface area contributed by atoms with Gasteiger partial charge in [-0.3, -0.25) is 4.18 Å². The second kappa shape index (κ2) is 6.83. The van der Waals surface area contributed by atoms with Crippen LogP contribution in [0.15, 0.2) is 59.5 Å². The molecule has 0 radical (unpaired) electrons. The maximum Gasteiger partial charge on any atom is 0.297 e. The molecule has 3 rings (SSSR count). The molecule has 0 aliphatic heterocycles. The van der Waals surface area contributed by atoms with E-state index in [-0.39, 0.29) is 17.1 Å². The van der Waals surface area contributed by atoms with E-state index >= 15 is 0 Å². The van der Waals surface area contributed by atoms with Crippen LogP contribution in [0, 0.1) is 6.92 Å². The number of hydrogen-bond acceptors (Lipinski definition) is 4. The summed E-state index contributed by atoms with van der Waals surface area (Å²) in [4.78, 5) is 0.205. The maximum absolute atomic E-state index is 12.2. The fourth-order valence-electron chi connectivity index (χ4n) is 2.46. The molecule has 1 saturated carbocycles. The van der Waals surface area contributed by atoms with Crippen LogP contribution in [0.1, 0.15) is 24.0 Å². The predicted molar refractivity (Wildman–Crippen MR) is 87.5 cm³/mol. The van der Waals surface area contributed by atoms with E-state index in [9.17, 15) is 8.42 Å². The quantitative estimate of drug-likeness (QED) is 0.760. The van der Waals surface area contributed by atoms with E-state index in [4.69, 9.17) is 8.92 Å². The molecule has 0 bridgehead atoms. The first-order valence-corrected chi connectivity index (χ1v) is 9.09. The Morgan fingerprint density at radius 1 is 0.957 bits per heavy atom. The van der Waals surface area contributed by atoms with Gasteiger partial charge in [-0.25, -0.2) is 0 Å². The standard InChI is InChI=1S/C18H20O4S/c1-14-7-9-18(10-8-14)23(19,20)22-17-11-16(12-17)21-13-15-5-3-2-4-6-15/h2-10,16-17H,11-13H2,1H3. The Kier molecular flexibility index (Phi) is 4.80. The molecular weight excluding hydrogens is 312 g/mol. The fraction of sp³-hybridized carbons (Fsp3) is 0.333. The predicted octanol–water partition coefficient (Wildman–Crippen LogP) is 3.45. The van der Waals surface area contributed by atoms with Crippen LogP contribution in [0.2, 0.25) is 0 Å². The van der Waals surface area contributed by atoms with Crippen molar-refractivity contribution in [1.82, 2.24) is 0 Å². The molecule has 0 saturated heterocycles. The minimum Gasteiger partial charge on any atom is -0.373 e. The first-order valence-electron chi connectivity index (χ1n) is 7.68. The smallest absolute Gasteiger partial charge is 0.297 e. The van der Waals surface area contributed by atoms with Crippen molar-refractivity contribution in [3.63, 3.8) is 0 Å². The Balaban J connectivity index is 1.47. The molecule has 23 heavy (non-hydrogen) atoms. The van der Waals surface area contributed by atoms with E-state index in [1.807, 2.05) is 37.3 Å². The normalized spacial score (nSPS) is 20.9. The number of rotatable bonds is 6. The summed E-state index contributed by atoms with van der Waals surface area (Å²) in [5.41, 5.74) is 2.13. The van der Waals surface area contributed by atoms with Gasteiger partial charge in [-0.05, 0) is 24.6 Å². The molecule has 0 atom stereocenters. The van der Waals surface area contributed by atoms with Crippen molar-refractivity contribution < 1.29 is 17.3 Å². The Morgan fingerprint density at radius 3 is 2.26 bits per heavy atom. The van der Waals surface area contributed by atoms with E-state index in [0.29, 0.717) is 19.4 Å². The van der Waals surface area contributed by atoms with Crippen LogP contribution in [0.5, 0.6) is 0 Å². The SMILES string of the molecule is Cc1ccc(S(=O)(=O)OC2CC(OCc3ccccc3)C2)cc1. The molecule has 2 aromatic rings. The van der Waals surface area contributed by atoms with E-state index in [1.165, 1.54) is 0 Å². The molecule has 0 N–H and O–H groups in total. The molecule has 0 amide bonds. The van der Waals surface area contributed by atoms with Gasteiger partial charge in [-0.2, -0.15) is 8.42 Å². The molecule has 122 valence electrons. The van der Waals surface area contributed by atoms with E-state index < -0.39 is 10.1 Å². The van der Waals surface area contributed by atoms with Crippen LogP contribution >= 0.6 is 0 Å². The highest BCUT2D eigenvalue weighted by Gasteiger charge is 2.34. The van der Waals surface area contributed by atoms with E-state index in [1.54, 1.807) is 24.3 Å². The van der Waals surface area contributed by atoms with Crippen molar-refractivity contribution in [3.8, 4) is 0 Å². The highest BCUT2D eigenvalue weighted by Crippen LogP contribution is 2.30. The summed E-state index contributed by atoms with van der Waals surface area (Å²) in [6.07, 6.45) is 0.992. The minimum atomic E-state index is -3.68. The van der Waals surface area contributed by atoms with Gasteiger partial charge in [0.05, 0.1) is 23.7 Å². The summed E-state index contributed by atoms with van der Waals surface area (Å²) in [7, 11) is -3.68. The molecule has 0 unspecified atom stereocenters. The highest BCUT2D eigenvalue weighted by molar-refractivity contribution is 7.86. The topological polar surface area (TPSA) is 52.6 Å². The third-order valence-corrected chi connectivity index (χ3v) is 5.33. The molecule has 2 aromatic carbocycles. The van der Waals surface area contributed by atoms with Crippen LogP contribution in [0.3, 0.4) is 0 Å². The molecule has 0 aromatic heterocycles.